The lowest BCUT2D eigenvalue weighted by Gasteiger charge is -2.19. The van der Waals surface area contributed by atoms with Gasteiger partial charge in [-0.15, -0.1) is 11.3 Å². The van der Waals surface area contributed by atoms with Crippen LogP contribution in [-0.2, 0) is 11.8 Å². The summed E-state index contributed by atoms with van der Waals surface area (Å²) in [6, 6.07) is 7.30. The summed E-state index contributed by atoms with van der Waals surface area (Å²) >= 11 is 1.58. The number of imidazole rings is 1. The molecule has 5 nitrogen and oxygen atoms in total. The van der Waals surface area contributed by atoms with Crippen LogP contribution < -0.4 is 5.32 Å². The predicted octanol–water partition coefficient (Wildman–Crippen LogP) is 4.11. The standard InChI is InChI=1S/C21H22FN3O2S/c1-13-12-17(14(2)28-13)18(26)8-9-19(27)24-20(21-23-10-11-25(21)3)15-4-6-16(22)7-5-15/h4-7,10-12,20H,8-9H2,1-3H3,(H,24,27). The van der Waals surface area contributed by atoms with Crippen molar-refractivity contribution in [3.8, 4) is 0 Å². The molecule has 7 heteroatoms. The smallest absolute Gasteiger partial charge is 0.221 e. The Bertz CT molecular complexity index is 992. The number of carbonyl (C=O) groups is 2. The number of hydrogen-bond acceptors (Lipinski definition) is 4. The van der Waals surface area contributed by atoms with E-state index in [9.17, 15) is 14.0 Å². The van der Waals surface area contributed by atoms with Gasteiger partial charge >= 0.3 is 0 Å². The minimum atomic E-state index is -0.520. The third-order valence-electron chi connectivity index (χ3n) is 4.55. The van der Waals surface area contributed by atoms with Gasteiger partial charge in [0.15, 0.2) is 5.78 Å². The maximum Gasteiger partial charge on any atom is 0.221 e. The molecule has 2 heterocycles. The minimum Gasteiger partial charge on any atom is -0.342 e. The first kappa shape index (κ1) is 19.9. The Morgan fingerprint density at radius 2 is 1.93 bits per heavy atom. The van der Waals surface area contributed by atoms with Gasteiger partial charge in [0, 0.05) is 47.6 Å². The number of ketones is 1. The first-order valence-corrected chi connectivity index (χ1v) is 9.79. The molecule has 0 aliphatic rings. The number of thiophene rings is 1. The van der Waals surface area contributed by atoms with E-state index in [1.165, 1.54) is 12.1 Å². The van der Waals surface area contributed by atoms with Gasteiger partial charge in [-0.3, -0.25) is 9.59 Å². The third kappa shape index (κ3) is 4.54. The van der Waals surface area contributed by atoms with Gasteiger partial charge in [-0.05, 0) is 37.6 Å². The molecule has 1 aromatic carbocycles. The lowest BCUT2D eigenvalue weighted by molar-refractivity contribution is -0.121. The molecular weight excluding hydrogens is 377 g/mol. The van der Waals surface area contributed by atoms with E-state index in [0.29, 0.717) is 11.4 Å². The van der Waals surface area contributed by atoms with Crippen LogP contribution in [0.5, 0.6) is 0 Å². The predicted molar refractivity (Wildman–Crippen MR) is 107 cm³/mol. The second-order valence-electron chi connectivity index (χ2n) is 6.70. The van der Waals surface area contributed by atoms with Crippen molar-refractivity contribution in [2.45, 2.75) is 32.7 Å². The Kier molecular flexibility index (Phi) is 6.04. The summed E-state index contributed by atoms with van der Waals surface area (Å²) in [5, 5.41) is 2.93. The summed E-state index contributed by atoms with van der Waals surface area (Å²) in [7, 11) is 1.83. The monoisotopic (exact) mass is 399 g/mol. The van der Waals surface area contributed by atoms with E-state index < -0.39 is 6.04 Å². The summed E-state index contributed by atoms with van der Waals surface area (Å²) in [6.45, 7) is 3.87. The van der Waals surface area contributed by atoms with Crippen LogP contribution in [0.15, 0.2) is 42.7 Å². The summed E-state index contributed by atoms with van der Waals surface area (Å²) in [5.74, 6) is -0.00104. The van der Waals surface area contributed by atoms with Gasteiger partial charge in [0.25, 0.3) is 0 Å². The first-order chi connectivity index (χ1) is 13.3. The summed E-state index contributed by atoms with van der Waals surface area (Å²) < 4.78 is 15.1. The number of hydrogen-bond donors (Lipinski definition) is 1. The topological polar surface area (TPSA) is 64.0 Å². The highest BCUT2D eigenvalue weighted by molar-refractivity contribution is 7.12. The number of aromatic nitrogens is 2. The molecule has 1 unspecified atom stereocenters. The Morgan fingerprint density at radius 1 is 1.21 bits per heavy atom. The Hall–Kier alpha value is -2.80. The van der Waals surface area contributed by atoms with Crippen LogP contribution >= 0.6 is 11.3 Å². The molecule has 1 N–H and O–H groups in total. The molecule has 0 spiro atoms. The number of halogens is 1. The fraction of sp³-hybridized carbons (Fsp3) is 0.286. The number of aryl methyl sites for hydroxylation is 3. The van der Waals surface area contributed by atoms with Gasteiger partial charge in [0.05, 0.1) is 0 Å². The number of rotatable bonds is 7. The van der Waals surface area contributed by atoms with Crippen molar-refractivity contribution >= 4 is 23.0 Å². The van der Waals surface area contributed by atoms with Crippen molar-refractivity contribution in [3.63, 3.8) is 0 Å². The zero-order valence-corrected chi connectivity index (χ0v) is 16.8. The van der Waals surface area contributed by atoms with E-state index in [1.54, 1.807) is 40.4 Å². The SMILES string of the molecule is Cc1cc(C(=O)CCC(=O)NC(c2ccc(F)cc2)c2nccn2C)c(C)s1. The van der Waals surface area contributed by atoms with Crippen LogP contribution in [-0.4, -0.2) is 21.2 Å². The molecule has 0 saturated carbocycles. The third-order valence-corrected chi connectivity index (χ3v) is 5.51. The summed E-state index contributed by atoms with van der Waals surface area (Å²) in [6.07, 6.45) is 3.64. The molecule has 0 aliphatic carbocycles. The lowest BCUT2D eigenvalue weighted by atomic mass is 10.0. The van der Waals surface area contributed by atoms with E-state index in [4.69, 9.17) is 0 Å². The molecular formula is C21H22FN3O2S. The second kappa shape index (κ2) is 8.48. The lowest BCUT2D eigenvalue weighted by Crippen LogP contribution is -2.31. The number of Topliss-reactive ketones (excluding diaryl/α,β-unsaturated/α-hetero) is 1. The highest BCUT2D eigenvalue weighted by Gasteiger charge is 2.21. The molecule has 3 aromatic rings. The fourth-order valence-electron chi connectivity index (χ4n) is 3.11. The Balaban J connectivity index is 1.71. The number of amides is 1. The molecule has 0 saturated heterocycles. The van der Waals surface area contributed by atoms with E-state index in [2.05, 4.69) is 10.3 Å². The largest absolute Gasteiger partial charge is 0.342 e. The summed E-state index contributed by atoms with van der Waals surface area (Å²) in [5.41, 5.74) is 1.41. The molecule has 1 amide bonds. The zero-order valence-electron chi connectivity index (χ0n) is 16.0. The first-order valence-electron chi connectivity index (χ1n) is 8.97. The molecule has 0 fully saturated rings. The van der Waals surface area contributed by atoms with Crippen molar-refractivity contribution in [3.05, 3.63) is 75.2 Å². The average molecular weight is 399 g/mol. The van der Waals surface area contributed by atoms with Gasteiger partial charge in [-0.25, -0.2) is 9.37 Å². The van der Waals surface area contributed by atoms with Gasteiger partial charge < -0.3 is 9.88 Å². The quantitative estimate of drug-likeness (QED) is 0.608. The fourth-order valence-corrected chi connectivity index (χ4v) is 4.05. The molecule has 1 atom stereocenters. The second-order valence-corrected chi connectivity index (χ2v) is 8.16. The van der Waals surface area contributed by atoms with Crippen molar-refractivity contribution in [1.29, 1.82) is 0 Å². The molecule has 0 aliphatic heterocycles. The van der Waals surface area contributed by atoms with E-state index >= 15 is 0 Å². The molecule has 28 heavy (non-hydrogen) atoms. The molecule has 2 aromatic heterocycles. The minimum absolute atomic E-state index is 0.0349. The van der Waals surface area contributed by atoms with Crippen molar-refractivity contribution < 1.29 is 14.0 Å². The zero-order chi connectivity index (χ0) is 20.3. The molecule has 0 bridgehead atoms. The molecule has 0 radical (unpaired) electrons. The molecule has 146 valence electrons. The number of nitrogens with zero attached hydrogens (tertiary/aromatic N) is 2. The summed E-state index contributed by atoms with van der Waals surface area (Å²) in [4.78, 5) is 31.3. The normalized spacial score (nSPS) is 12.0. The van der Waals surface area contributed by atoms with Crippen LogP contribution in [0, 0.1) is 19.7 Å². The average Bonchev–Trinajstić information content (AvgIpc) is 3.23. The van der Waals surface area contributed by atoms with Crippen molar-refractivity contribution in [2.75, 3.05) is 0 Å². The maximum absolute atomic E-state index is 13.3. The van der Waals surface area contributed by atoms with Crippen LogP contribution in [0.3, 0.4) is 0 Å². The van der Waals surface area contributed by atoms with Gasteiger partial charge in [0.2, 0.25) is 5.91 Å². The van der Waals surface area contributed by atoms with Crippen LogP contribution in [0.2, 0.25) is 0 Å². The van der Waals surface area contributed by atoms with Crippen molar-refractivity contribution in [1.82, 2.24) is 14.9 Å². The van der Waals surface area contributed by atoms with Crippen LogP contribution in [0.25, 0.3) is 0 Å². The highest BCUT2D eigenvalue weighted by atomic mass is 32.1. The number of benzene rings is 1. The number of carbonyl (C=O) groups excluding carboxylic acids is 2. The van der Waals surface area contributed by atoms with Gasteiger partial charge in [-0.1, -0.05) is 12.1 Å². The van der Waals surface area contributed by atoms with Crippen molar-refractivity contribution in [2.24, 2.45) is 7.05 Å². The highest BCUT2D eigenvalue weighted by Crippen LogP contribution is 2.23. The Labute approximate surface area is 167 Å². The van der Waals surface area contributed by atoms with Gasteiger partial charge in [0.1, 0.15) is 17.7 Å². The number of nitrogens with one attached hydrogen (secondary N) is 1. The van der Waals surface area contributed by atoms with Crippen LogP contribution in [0.4, 0.5) is 4.39 Å². The van der Waals surface area contributed by atoms with E-state index in [0.717, 1.165) is 15.3 Å². The van der Waals surface area contributed by atoms with Crippen LogP contribution in [0.1, 0.15) is 50.4 Å². The molecule has 3 rings (SSSR count). The maximum atomic E-state index is 13.3. The van der Waals surface area contributed by atoms with E-state index in [1.807, 2.05) is 27.0 Å². The van der Waals surface area contributed by atoms with Gasteiger partial charge in [-0.2, -0.15) is 0 Å². The Morgan fingerprint density at radius 3 is 2.50 bits per heavy atom. The van der Waals surface area contributed by atoms with E-state index in [-0.39, 0.29) is 30.3 Å².